The Kier molecular flexibility index (Phi) is 4.29. The Morgan fingerprint density at radius 2 is 1.83 bits per heavy atom. The summed E-state index contributed by atoms with van der Waals surface area (Å²) in [6.07, 6.45) is 5.00. The van der Waals surface area contributed by atoms with Crippen molar-refractivity contribution >= 4 is 11.6 Å². The van der Waals surface area contributed by atoms with Crippen LogP contribution in [-0.2, 0) is 0 Å². The number of nitrogens with zero attached hydrogens (tertiary/aromatic N) is 2. The lowest BCUT2D eigenvalue weighted by Crippen LogP contribution is -2.12. The van der Waals surface area contributed by atoms with Crippen molar-refractivity contribution in [2.75, 3.05) is 12.4 Å². The number of carbonyl (C=O) groups is 1. The van der Waals surface area contributed by atoms with Gasteiger partial charge < -0.3 is 10.1 Å². The monoisotopic (exact) mass is 305 g/mol. The van der Waals surface area contributed by atoms with Crippen LogP contribution < -0.4 is 10.1 Å². The van der Waals surface area contributed by atoms with Crippen LogP contribution in [0.4, 0.5) is 5.69 Å². The molecular formula is C18H15N3O2. The lowest BCUT2D eigenvalue weighted by Gasteiger charge is -2.10. The van der Waals surface area contributed by atoms with E-state index in [0.29, 0.717) is 17.0 Å². The molecule has 0 atom stereocenters. The Labute approximate surface area is 134 Å². The Hall–Kier alpha value is -3.21. The van der Waals surface area contributed by atoms with Crippen LogP contribution in [0, 0.1) is 0 Å². The highest BCUT2D eigenvalue weighted by molar-refractivity contribution is 6.05. The van der Waals surface area contributed by atoms with E-state index in [1.165, 1.54) is 0 Å². The van der Waals surface area contributed by atoms with Crippen molar-refractivity contribution in [3.63, 3.8) is 0 Å². The minimum atomic E-state index is -0.216. The molecule has 0 radical (unpaired) electrons. The third kappa shape index (κ3) is 3.35. The van der Waals surface area contributed by atoms with Crippen molar-refractivity contribution in [2.45, 2.75) is 0 Å². The molecule has 3 aromatic rings. The molecule has 0 saturated heterocycles. The molecule has 1 amide bonds. The minimum absolute atomic E-state index is 0.216. The quantitative estimate of drug-likeness (QED) is 0.802. The third-order valence-corrected chi connectivity index (χ3v) is 3.35. The highest BCUT2D eigenvalue weighted by atomic mass is 16.5. The first-order valence-corrected chi connectivity index (χ1v) is 7.09. The SMILES string of the molecule is COc1ccccc1NC(=O)c1ccnc(-c2ccncc2)c1. The number of para-hydroxylation sites is 2. The van der Waals surface area contributed by atoms with Crippen molar-refractivity contribution in [3.8, 4) is 17.0 Å². The number of amides is 1. The van der Waals surface area contributed by atoms with E-state index in [4.69, 9.17) is 4.74 Å². The average Bonchev–Trinajstić information content (AvgIpc) is 2.63. The van der Waals surface area contributed by atoms with Gasteiger partial charge in [0, 0.05) is 29.7 Å². The molecule has 0 saturated carbocycles. The Bertz CT molecular complexity index is 819. The topological polar surface area (TPSA) is 64.1 Å². The number of benzene rings is 1. The fourth-order valence-corrected chi connectivity index (χ4v) is 2.19. The summed E-state index contributed by atoms with van der Waals surface area (Å²) in [5.41, 5.74) is 2.78. The zero-order valence-electron chi connectivity index (χ0n) is 12.6. The van der Waals surface area contributed by atoms with Crippen molar-refractivity contribution < 1.29 is 9.53 Å². The van der Waals surface area contributed by atoms with Gasteiger partial charge in [0.05, 0.1) is 18.5 Å². The summed E-state index contributed by atoms with van der Waals surface area (Å²) in [6, 6.07) is 14.4. The summed E-state index contributed by atoms with van der Waals surface area (Å²) in [5, 5.41) is 2.85. The predicted molar refractivity (Wildman–Crippen MR) is 88.4 cm³/mol. The second-order valence-electron chi connectivity index (χ2n) is 4.82. The Balaban J connectivity index is 1.86. The molecule has 23 heavy (non-hydrogen) atoms. The molecule has 0 aliphatic carbocycles. The van der Waals surface area contributed by atoms with Gasteiger partial charge in [0.1, 0.15) is 5.75 Å². The van der Waals surface area contributed by atoms with E-state index in [1.807, 2.05) is 24.3 Å². The zero-order valence-corrected chi connectivity index (χ0v) is 12.6. The van der Waals surface area contributed by atoms with Gasteiger partial charge in [-0.15, -0.1) is 0 Å². The second-order valence-corrected chi connectivity index (χ2v) is 4.82. The van der Waals surface area contributed by atoms with E-state index in [2.05, 4.69) is 15.3 Å². The number of hydrogen-bond acceptors (Lipinski definition) is 4. The maximum atomic E-state index is 12.5. The fraction of sp³-hybridized carbons (Fsp3) is 0.0556. The van der Waals surface area contributed by atoms with E-state index in [1.54, 1.807) is 50.0 Å². The van der Waals surface area contributed by atoms with Crippen LogP contribution >= 0.6 is 0 Å². The van der Waals surface area contributed by atoms with Crippen LogP contribution in [0.25, 0.3) is 11.3 Å². The molecule has 0 unspecified atom stereocenters. The molecule has 2 heterocycles. The van der Waals surface area contributed by atoms with Gasteiger partial charge in [-0.1, -0.05) is 12.1 Å². The van der Waals surface area contributed by atoms with Crippen LogP contribution in [0.1, 0.15) is 10.4 Å². The third-order valence-electron chi connectivity index (χ3n) is 3.35. The molecule has 1 N–H and O–H groups in total. The Morgan fingerprint density at radius 3 is 2.61 bits per heavy atom. The van der Waals surface area contributed by atoms with Gasteiger partial charge in [0.2, 0.25) is 0 Å². The van der Waals surface area contributed by atoms with Crippen molar-refractivity contribution in [1.82, 2.24) is 9.97 Å². The highest BCUT2D eigenvalue weighted by Gasteiger charge is 2.10. The number of nitrogens with one attached hydrogen (secondary N) is 1. The van der Waals surface area contributed by atoms with Crippen LogP contribution in [0.5, 0.6) is 5.75 Å². The maximum Gasteiger partial charge on any atom is 0.255 e. The molecule has 5 heteroatoms. The standard InChI is InChI=1S/C18H15N3O2/c1-23-17-5-3-2-4-15(17)21-18(22)14-8-11-20-16(12-14)13-6-9-19-10-7-13/h2-12H,1H3,(H,21,22). The normalized spacial score (nSPS) is 10.1. The van der Waals surface area contributed by atoms with Gasteiger partial charge in [0.25, 0.3) is 5.91 Å². The van der Waals surface area contributed by atoms with Crippen molar-refractivity contribution in [1.29, 1.82) is 0 Å². The van der Waals surface area contributed by atoms with Crippen molar-refractivity contribution in [3.05, 3.63) is 72.7 Å². The number of hydrogen-bond donors (Lipinski definition) is 1. The summed E-state index contributed by atoms with van der Waals surface area (Å²) in [7, 11) is 1.57. The van der Waals surface area contributed by atoms with Gasteiger partial charge in [0.15, 0.2) is 0 Å². The molecule has 0 aliphatic heterocycles. The maximum absolute atomic E-state index is 12.5. The molecule has 3 rings (SSSR count). The first kappa shape index (κ1) is 14.7. The molecule has 2 aromatic heterocycles. The van der Waals surface area contributed by atoms with Crippen LogP contribution in [0.15, 0.2) is 67.1 Å². The highest BCUT2D eigenvalue weighted by Crippen LogP contribution is 2.24. The number of methoxy groups -OCH3 is 1. The number of carbonyl (C=O) groups excluding carboxylic acids is 1. The zero-order chi connectivity index (χ0) is 16.1. The Morgan fingerprint density at radius 1 is 1.04 bits per heavy atom. The molecule has 5 nitrogen and oxygen atoms in total. The van der Waals surface area contributed by atoms with E-state index in [0.717, 1.165) is 11.3 Å². The molecule has 0 spiro atoms. The molecule has 114 valence electrons. The van der Waals surface area contributed by atoms with Crippen molar-refractivity contribution in [2.24, 2.45) is 0 Å². The second kappa shape index (κ2) is 6.70. The lowest BCUT2D eigenvalue weighted by atomic mass is 10.1. The molecule has 0 aliphatic rings. The minimum Gasteiger partial charge on any atom is -0.495 e. The first-order chi connectivity index (χ1) is 11.3. The number of anilines is 1. The summed E-state index contributed by atoms with van der Waals surface area (Å²) < 4.78 is 5.24. The molecule has 0 fully saturated rings. The number of pyridine rings is 2. The summed E-state index contributed by atoms with van der Waals surface area (Å²) in [4.78, 5) is 20.7. The van der Waals surface area contributed by atoms with Crippen LogP contribution in [0.3, 0.4) is 0 Å². The predicted octanol–water partition coefficient (Wildman–Crippen LogP) is 3.40. The van der Waals surface area contributed by atoms with Gasteiger partial charge in [-0.2, -0.15) is 0 Å². The smallest absolute Gasteiger partial charge is 0.255 e. The summed E-state index contributed by atoms with van der Waals surface area (Å²) in [6.45, 7) is 0. The van der Waals surface area contributed by atoms with Gasteiger partial charge in [-0.25, -0.2) is 0 Å². The van der Waals surface area contributed by atoms with E-state index >= 15 is 0 Å². The largest absolute Gasteiger partial charge is 0.495 e. The van der Waals surface area contributed by atoms with E-state index in [9.17, 15) is 4.79 Å². The number of ether oxygens (including phenoxy) is 1. The van der Waals surface area contributed by atoms with E-state index < -0.39 is 0 Å². The van der Waals surface area contributed by atoms with Crippen LogP contribution in [-0.4, -0.2) is 23.0 Å². The number of rotatable bonds is 4. The van der Waals surface area contributed by atoms with Gasteiger partial charge >= 0.3 is 0 Å². The van der Waals surface area contributed by atoms with Crippen LogP contribution in [0.2, 0.25) is 0 Å². The summed E-state index contributed by atoms with van der Waals surface area (Å²) >= 11 is 0. The van der Waals surface area contributed by atoms with Gasteiger partial charge in [-0.3, -0.25) is 14.8 Å². The number of aromatic nitrogens is 2. The van der Waals surface area contributed by atoms with E-state index in [-0.39, 0.29) is 5.91 Å². The summed E-state index contributed by atoms with van der Waals surface area (Å²) in [5.74, 6) is 0.400. The molecule has 1 aromatic carbocycles. The average molecular weight is 305 g/mol. The lowest BCUT2D eigenvalue weighted by molar-refractivity contribution is 0.102. The van der Waals surface area contributed by atoms with Gasteiger partial charge in [-0.05, 0) is 36.4 Å². The fourth-order valence-electron chi connectivity index (χ4n) is 2.19. The molecule has 0 bridgehead atoms. The molecular weight excluding hydrogens is 290 g/mol. The first-order valence-electron chi connectivity index (χ1n) is 7.09.